The molecule has 7 nitrogen and oxygen atoms in total. The summed E-state index contributed by atoms with van der Waals surface area (Å²) in [6, 6.07) is 8.79. The second kappa shape index (κ2) is 8.64. The smallest absolute Gasteiger partial charge is 0.376 e. The van der Waals surface area contributed by atoms with Gasteiger partial charge in [-0.2, -0.15) is 21.6 Å². The number of anilines is 1. The van der Waals surface area contributed by atoms with Gasteiger partial charge in [0, 0.05) is 19.3 Å². The molecule has 1 atom stereocenters. The Balaban J connectivity index is 1.94. The van der Waals surface area contributed by atoms with Crippen LogP contribution in [0.4, 0.5) is 23.4 Å². The van der Waals surface area contributed by atoms with E-state index in [-0.39, 0.29) is 18.7 Å². The lowest BCUT2D eigenvalue weighted by atomic mass is 9.97. The van der Waals surface area contributed by atoms with Crippen molar-refractivity contribution in [3.8, 4) is 5.75 Å². The van der Waals surface area contributed by atoms with Gasteiger partial charge in [0.15, 0.2) is 0 Å². The highest BCUT2D eigenvalue weighted by Gasteiger charge is 2.48. The van der Waals surface area contributed by atoms with Gasteiger partial charge in [-0.1, -0.05) is 18.2 Å². The number of pyridine rings is 1. The monoisotopic (exact) mass is 435 g/mol. The van der Waals surface area contributed by atoms with Crippen molar-refractivity contribution in [3.05, 3.63) is 54.2 Å². The Kier molecular flexibility index (Phi) is 6.67. The van der Waals surface area contributed by atoms with Gasteiger partial charge in [0.1, 0.15) is 11.6 Å². The van der Waals surface area contributed by atoms with Crippen molar-refractivity contribution in [3.63, 3.8) is 0 Å². The summed E-state index contributed by atoms with van der Waals surface area (Å²) < 4.78 is 77.6. The summed E-state index contributed by atoms with van der Waals surface area (Å²) in [5, 5.41) is 5.30. The molecule has 2 aromatic rings. The van der Waals surface area contributed by atoms with E-state index in [0.717, 1.165) is 31.2 Å². The van der Waals surface area contributed by atoms with E-state index in [1.165, 1.54) is 0 Å². The van der Waals surface area contributed by atoms with Crippen LogP contribution in [0.15, 0.2) is 48.7 Å². The van der Waals surface area contributed by atoms with E-state index in [9.17, 15) is 30.8 Å². The van der Waals surface area contributed by atoms with E-state index in [1.807, 2.05) is 0 Å². The molecule has 1 amide bonds. The zero-order valence-corrected chi connectivity index (χ0v) is 15.8. The third-order valence-corrected chi connectivity index (χ3v) is 4.67. The Morgan fingerprint density at radius 3 is 2.28 bits per heavy atom. The summed E-state index contributed by atoms with van der Waals surface area (Å²) in [6.07, 6.45) is 1.58. The first-order valence-corrected chi connectivity index (χ1v) is 9.58. The lowest BCUT2D eigenvalue weighted by Gasteiger charge is -2.20. The maximum absolute atomic E-state index is 14.8. The molecule has 1 heterocycles. The van der Waals surface area contributed by atoms with Gasteiger partial charge in [-0.15, -0.1) is 0 Å². The van der Waals surface area contributed by atoms with E-state index in [4.69, 9.17) is 0 Å². The molecule has 0 aliphatic heterocycles. The Morgan fingerprint density at radius 2 is 1.72 bits per heavy atom. The molecule has 0 saturated heterocycles. The minimum Gasteiger partial charge on any atom is -0.376 e. The molecule has 0 aliphatic rings. The molecular formula is C17H17F4N3O4S. The van der Waals surface area contributed by atoms with Crippen LogP contribution >= 0.6 is 0 Å². The summed E-state index contributed by atoms with van der Waals surface area (Å²) in [4.78, 5) is 16.1. The zero-order valence-electron chi connectivity index (χ0n) is 15.0. The van der Waals surface area contributed by atoms with Gasteiger partial charge in [0.05, 0.1) is 0 Å². The average Bonchev–Trinajstić information content (AvgIpc) is 2.65. The molecule has 1 aromatic heterocycles. The molecule has 158 valence electrons. The van der Waals surface area contributed by atoms with E-state index < -0.39 is 33.0 Å². The quantitative estimate of drug-likeness (QED) is 0.286. The average molecular weight is 435 g/mol. The Hall–Kier alpha value is -2.89. The molecule has 0 fully saturated rings. The fraction of sp³-hybridized carbons (Fsp3) is 0.294. The summed E-state index contributed by atoms with van der Waals surface area (Å²) in [7, 11) is -5.84. The number of carbonyl (C=O) groups is 1. The summed E-state index contributed by atoms with van der Waals surface area (Å²) in [5.41, 5.74) is -8.29. The van der Waals surface area contributed by atoms with Gasteiger partial charge in [0.25, 0.3) is 5.91 Å². The van der Waals surface area contributed by atoms with E-state index in [1.54, 1.807) is 24.4 Å². The Labute approximate surface area is 164 Å². The highest BCUT2D eigenvalue weighted by atomic mass is 32.2. The highest BCUT2D eigenvalue weighted by molar-refractivity contribution is 7.88. The van der Waals surface area contributed by atoms with Crippen LogP contribution in [0.25, 0.3) is 0 Å². The normalized spacial score (nSPS) is 14.0. The number of aromatic nitrogens is 1. The summed E-state index contributed by atoms with van der Waals surface area (Å²) >= 11 is 0. The van der Waals surface area contributed by atoms with E-state index >= 15 is 0 Å². The number of halogens is 4. The van der Waals surface area contributed by atoms with Crippen LogP contribution in [0.1, 0.15) is 12.5 Å². The predicted octanol–water partition coefficient (Wildman–Crippen LogP) is 2.72. The molecule has 0 aliphatic carbocycles. The van der Waals surface area contributed by atoms with Crippen LogP contribution in [0, 0.1) is 0 Å². The third-order valence-electron chi connectivity index (χ3n) is 3.69. The zero-order chi connectivity index (χ0) is 21.7. The van der Waals surface area contributed by atoms with Crippen molar-refractivity contribution < 1.29 is 35.0 Å². The number of carbonyl (C=O) groups excluding carboxylic acids is 1. The molecule has 0 radical (unpaired) electrons. The standard InChI is InChI=1S/C17H17F4N3O4S/c1-16(18,15(25)24-11-10-23-14-4-2-3-9-22-14)12-5-7-13(8-6-12)28-29(26,27)17(19,20)21/h2-9H,10-11H2,1H3,(H,22,23)(H,24,25). The van der Waals surface area contributed by atoms with E-state index in [0.29, 0.717) is 5.82 Å². The number of nitrogens with one attached hydrogen (secondary N) is 2. The molecule has 29 heavy (non-hydrogen) atoms. The molecule has 12 heteroatoms. The summed E-state index contributed by atoms with van der Waals surface area (Å²) in [5.74, 6) is -1.06. The minimum atomic E-state index is -5.84. The first kappa shape index (κ1) is 22.4. The largest absolute Gasteiger partial charge is 0.534 e. The first-order valence-electron chi connectivity index (χ1n) is 8.17. The molecule has 2 rings (SSSR count). The van der Waals surface area contributed by atoms with Crippen LogP contribution < -0.4 is 14.8 Å². The molecule has 0 saturated carbocycles. The molecule has 1 unspecified atom stereocenters. The van der Waals surface area contributed by atoms with Gasteiger partial charge in [0.2, 0.25) is 5.67 Å². The van der Waals surface area contributed by atoms with Gasteiger partial charge < -0.3 is 14.8 Å². The van der Waals surface area contributed by atoms with Gasteiger partial charge in [-0.25, -0.2) is 9.37 Å². The minimum absolute atomic E-state index is 0.0833. The molecule has 2 N–H and O–H groups in total. The molecule has 1 aromatic carbocycles. The number of benzene rings is 1. The van der Waals surface area contributed by atoms with Crippen LogP contribution in [-0.4, -0.2) is 37.9 Å². The number of hydrogen-bond donors (Lipinski definition) is 2. The lowest BCUT2D eigenvalue weighted by Crippen LogP contribution is -2.41. The maximum atomic E-state index is 14.8. The molecule has 0 spiro atoms. The predicted molar refractivity (Wildman–Crippen MR) is 96.2 cm³/mol. The molecular weight excluding hydrogens is 418 g/mol. The van der Waals surface area contributed by atoms with Crippen molar-refractivity contribution in [2.45, 2.75) is 18.1 Å². The highest BCUT2D eigenvalue weighted by Crippen LogP contribution is 2.30. The van der Waals surface area contributed by atoms with Crippen molar-refractivity contribution in [1.82, 2.24) is 10.3 Å². The van der Waals surface area contributed by atoms with Crippen LogP contribution in [0.5, 0.6) is 5.75 Å². The number of alkyl halides is 4. The van der Waals surface area contributed by atoms with Gasteiger partial charge >= 0.3 is 15.6 Å². The van der Waals surface area contributed by atoms with Gasteiger partial charge in [-0.05, 0) is 36.8 Å². The van der Waals surface area contributed by atoms with Gasteiger partial charge in [-0.3, -0.25) is 4.79 Å². The fourth-order valence-electron chi connectivity index (χ4n) is 2.13. The van der Waals surface area contributed by atoms with Crippen LogP contribution in [-0.2, 0) is 20.6 Å². The number of nitrogens with zero attached hydrogens (tertiary/aromatic N) is 1. The van der Waals surface area contributed by atoms with Crippen LogP contribution in [0.3, 0.4) is 0 Å². The fourth-order valence-corrected chi connectivity index (χ4v) is 2.59. The maximum Gasteiger partial charge on any atom is 0.534 e. The molecule has 0 bridgehead atoms. The van der Waals surface area contributed by atoms with Crippen molar-refractivity contribution >= 4 is 21.8 Å². The Morgan fingerprint density at radius 1 is 1.07 bits per heavy atom. The second-order valence-electron chi connectivity index (χ2n) is 5.91. The van der Waals surface area contributed by atoms with Crippen LogP contribution in [0.2, 0.25) is 0 Å². The topological polar surface area (TPSA) is 97.4 Å². The number of hydrogen-bond acceptors (Lipinski definition) is 6. The van der Waals surface area contributed by atoms with Crippen molar-refractivity contribution in [2.24, 2.45) is 0 Å². The Bertz CT molecular complexity index is 933. The third kappa shape index (κ3) is 5.79. The number of amides is 1. The van der Waals surface area contributed by atoms with E-state index in [2.05, 4.69) is 19.8 Å². The van der Waals surface area contributed by atoms with Crippen molar-refractivity contribution in [1.29, 1.82) is 0 Å². The second-order valence-corrected chi connectivity index (χ2v) is 7.45. The summed E-state index contributed by atoms with van der Waals surface area (Å²) in [6.45, 7) is 1.33. The SMILES string of the molecule is CC(F)(C(=O)NCCNc1ccccn1)c1ccc(OS(=O)(=O)C(F)(F)F)cc1. The first-order chi connectivity index (χ1) is 13.4. The number of rotatable bonds is 8. The van der Waals surface area contributed by atoms with Crippen molar-refractivity contribution in [2.75, 3.05) is 18.4 Å². The lowest BCUT2D eigenvalue weighted by molar-refractivity contribution is -0.132.